The van der Waals surface area contributed by atoms with E-state index in [1.165, 1.54) is 25.3 Å². The van der Waals surface area contributed by atoms with Crippen LogP contribution in [0.3, 0.4) is 0 Å². The molecule has 1 aromatic rings. The van der Waals surface area contributed by atoms with Crippen LogP contribution >= 0.6 is 0 Å². The average molecular weight is 267 g/mol. The molecule has 104 valence electrons. The van der Waals surface area contributed by atoms with Crippen molar-refractivity contribution < 1.29 is 24.2 Å². The highest BCUT2D eigenvalue weighted by molar-refractivity contribution is 5.88. The smallest absolute Gasteiger partial charge is 0.335 e. The third-order valence-corrected chi connectivity index (χ3v) is 2.37. The van der Waals surface area contributed by atoms with Crippen molar-refractivity contribution >= 4 is 11.9 Å². The SMILES string of the molecule is CCNC(=O)CCOc1cc(C(=O)O)ccc1OC. The molecule has 0 atom stereocenters. The van der Waals surface area contributed by atoms with Gasteiger partial charge in [-0.1, -0.05) is 0 Å². The summed E-state index contributed by atoms with van der Waals surface area (Å²) in [5.74, 6) is -0.417. The number of carboxylic acid groups (broad SMARTS) is 1. The maximum Gasteiger partial charge on any atom is 0.335 e. The Morgan fingerprint density at radius 3 is 2.63 bits per heavy atom. The lowest BCUT2D eigenvalue weighted by molar-refractivity contribution is -0.121. The Labute approximate surface area is 111 Å². The molecular formula is C13H17NO5. The van der Waals surface area contributed by atoms with E-state index in [4.69, 9.17) is 14.6 Å². The minimum Gasteiger partial charge on any atom is -0.493 e. The third kappa shape index (κ3) is 4.50. The van der Waals surface area contributed by atoms with Gasteiger partial charge in [-0.3, -0.25) is 4.79 Å². The summed E-state index contributed by atoms with van der Waals surface area (Å²) >= 11 is 0. The van der Waals surface area contributed by atoms with Crippen molar-refractivity contribution in [3.8, 4) is 11.5 Å². The lowest BCUT2D eigenvalue weighted by Gasteiger charge is -2.11. The van der Waals surface area contributed by atoms with Gasteiger partial charge in [0, 0.05) is 6.54 Å². The topological polar surface area (TPSA) is 84.9 Å². The minimum atomic E-state index is -1.05. The number of carbonyl (C=O) groups excluding carboxylic acids is 1. The molecule has 0 bridgehead atoms. The highest BCUT2D eigenvalue weighted by Gasteiger charge is 2.10. The number of ether oxygens (including phenoxy) is 2. The fourth-order valence-electron chi connectivity index (χ4n) is 1.46. The van der Waals surface area contributed by atoms with Gasteiger partial charge in [0.2, 0.25) is 5.91 Å². The first-order valence-electron chi connectivity index (χ1n) is 5.89. The molecule has 1 rings (SSSR count). The quantitative estimate of drug-likeness (QED) is 0.777. The summed E-state index contributed by atoms with van der Waals surface area (Å²) in [6, 6.07) is 4.32. The van der Waals surface area contributed by atoms with Crippen molar-refractivity contribution in [3.63, 3.8) is 0 Å². The van der Waals surface area contributed by atoms with Crippen LogP contribution in [0.25, 0.3) is 0 Å². The normalized spacial score (nSPS) is 9.79. The van der Waals surface area contributed by atoms with Crippen molar-refractivity contribution in [1.29, 1.82) is 0 Å². The zero-order valence-corrected chi connectivity index (χ0v) is 10.9. The van der Waals surface area contributed by atoms with Crippen LogP contribution in [0.1, 0.15) is 23.7 Å². The second-order valence-electron chi connectivity index (χ2n) is 3.72. The predicted molar refractivity (Wildman–Crippen MR) is 68.7 cm³/mol. The van der Waals surface area contributed by atoms with Gasteiger partial charge in [-0.2, -0.15) is 0 Å². The molecule has 6 nitrogen and oxygen atoms in total. The monoisotopic (exact) mass is 267 g/mol. The van der Waals surface area contributed by atoms with Gasteiger partial charge in [0.25, 0.3) is 0 Å². The van der Waals surface area contributed by atoms with Crippen LogP contribution in [-0.2, 0) is 4.79 Å². The lowest BCUT2D eigenvalue weighted by atomic mass is 10.2. The Balaban J connectivity index is 2.67. The molecule has 0 heterocycles. The maximum absolute atomic E-state index is 11.2. The van der Waals surface area contributed by atoms with E-state index in [1.54, 1.807) is 0 Å². The van der Waals surface area contributed by atoms with Gasteiger partial charge < -0.3 is 19.9 Å². The van der Waals surface area contributed by atoms with E-state index in [0.717, 1.165) is 0 Å². The van der Waals surface area contributed by atoms with Crippen molar-refractivity contribution in [2.24, 2.45) is 0 Å². The molecule has 0 fully saturated rings. The molecule has 0 aliphatic rings. The zero-order valence-electron chi connectivity index (χ0n) is 10.9. The van der Waals surface area contributed by atoms with Gasteiger partial charge in [0.15, 0.2) is 11.5 Å². The molecule has 6 heteroatoms. The van der Waals surface area contributed by atoms with Gasteiger partial charge in [0.1, 0.15) is 0 Å². The number of rotatable bonds is 7. The molecule has 0 unspecified atom stereocenters. The Bertz CT molecular complexity index is 458. The molecular weight excluding hydrogens is 250 g/mol. The Hall–Kier alpha value is -2.24. The molecule has 0 saturated carbocycles. The van der Waals surface area contributed by atoms with Crippen LogP contribution in [0.4, 0.5) is 0 Å². The summed E-state index contributed by atoms with van der Waals surface area (Å²) in [7, 11) is 1.46. The summed E-state index contributed by atoms with van der Waals surface area (Å²) in [4.78, 5) is 22.1. The Kier molecular flexibility index (Phi) is 5.66. The molecule has 2 N–H and O–H groups in total. The number of methoxy groups -OCH3 is 1. The molecule has 1 aromatic carbocycles. The fraction of sp³-hybridized carbons (Fsp3) is 0.385. The van der Waals surface area contributed by atoms with Gasteiger partial charge >= 0.3 is 5.97 Å². The zero-order chi connectivity index (χ0) is 14.3. The van der Waals surface area contributed by atoms with Crippen LogP contribution in [-0.4, -0.2) is 37.2 Å². The molecule has 0 aliphatic heterocycles. The fourth-order valence-corrected chi connectivity index (χ4v) is 1.46. The lowest BCUT2D eigenvalue weighted by Crippen LogP contribution is -2.24. The second-order valence-corrected chi connectivity index (χ2v) is 3.72. The van der Waals surface area contributed by atoms with Crippen molar-refractivity contribution in [3.05, 3.63) is 23.8 Å². The maximum atomic E-state index is 11.2. The first-order chi connectivity index (χ1) is 9.08. The van der Waals surface area contributed by atoms with E-state index < -0.39 is 5.97 Å². The molecule has 0 aliphatic carbocycles. The number of nitrogens with one attached hydrogen (secondary N) is 1. The molecule has 1 amide bonds. The Morgan fingerprint density at radius 1 is 1.32 bits per heavy atom. The number of hydrogen-bond acceptors (Lipinski definition) is 4. The number of carboxylic acids is 1. The minimum absolute atomic E-state index is 0.105. The molecule has 0 spiro atoms. The highest BCUT2D eigenvalue weighted by atomic mass is 16.5. The van der Waals surface area contributed by atoms with Crippen LogP contribution in [0.2, 0.25) is 0 Å². The average Bonchev–Trinajstić information content (AvgIpc) is 2.38. The third-order valence-electron chi connectivity index (χ3n) is 2.37. The number of aromatic carboxylic acids is 1. The first-order valence-corrected chi connectivity index (χ1v) is 5.89. The van der Waals surface area contributed by atoms with Crippen molar-refractivity contribution in [1.82, 2.24) is 5.32 Å². The van der Waals surface area contributed by atoms with E-state index in [-0.39, 0.29) is 24.5 Å². The van der Waals surface area contributed by atoms with Crippen molar-refractivity contribution in [2.45, 2.75) is 13.3 Å². The molecule has 19 heavy (non-hydrogen) atoms. The standard InChI is InChI=1S/C13H17NO5/c1-3-14-12(15)6-7-19-11-8-9(13(16)17)4-5-10(11)18-2/h4-5,8H,3,6-7H2,1-2H3,(H,14,15)(H,16,17). The van der Waals surface area contributed by atoms with E-state index in [1.807, 2.05) is 6.92 Å². The summed E-state index contributed by atoms with van der Waals surface area (Å²) < 4.78 is 10.5. The van der Waals surface area contributed by atoms with Gasteiger partial charge in [-0.25, -0.2) is 4.79 Å². The molecule has 0 saturated heterocycles. The second kappa shape index (κ2) is 7.25. The van der Waals surface area contributed by atoms with Gasteiger partial charge in [-0.05, 0) is 25.1 Å². The predicted octanol–water partition coefficient (Wildman–Crippen LogP) is 1.30. The van der Waals surface area contributed by atoms with Gasteiger partial charge in [-0.15, -0.1) is 0 Å². The van der Waals surface area contributed by atoms with E-state index in [9.17, 15) is 9.59 Å². The van der Waals surface area contributed by atoms with Crippen molar-refractivity contribution in [2.75, 3.05) is 20.3 Å². The van der Waals surface area contributed by atoms with Gasteiger partial charge in [0.05, 0.1) is 25.7 Å². The summed E-state index contributed by atoms with van der Waals surface area (Å²) in [5.41, 5.74) is 0.105. The number of amides is 1. The number of carbonyl (C=O) groups is 2. The number of benzene rings is 1. The van der Waals surface area contributed by atoms with E-state index >= 15 is 0 Å². The Morgan fingerprint density at radius 2 is 2.05 bits per heavy atom. The van der Waals surface area contributed by atoms with Crippen LogP contribution in [0.15, 0.2) is 18.2 Å². The van der Waals surface area contributed by atoms with Crippen LogP contribution < -0.4 is 14.8 Å². The van der Waals surface area contributed by atoms with E-state index in [2.05, 4.69) is 5.32 Å². The summed E-state index contributed by atoms with van der Waals surface area (Å²) in [6.07, 6.45) is 0.203. The molecule has 0 aromatic heterocycles. The van der Waals surface area contributed by atoms with Crippen LogP contribution in [0, 0.1) is 0 Å². The highest BCUT2D eigenvalue weighted by Crippen LogP contribution is 2.28. The largest absolute Gasteiger partial charge is 0.493 e. The van der Waals surface area contributed by atoms with Crippen LogP contribution in [0.5, 0.6) is 11.5 Å². The molecule has 0 radical (unpaired) electrons. The summed E-state index contributed by atoms with van der Waals surface area (Å²) in [5, 5.41) is 11.5. The summed E-state index contributed by atoms with van der Waals surface area (Å²) in [6.45, 7) is 2.56. The first kappa shape index (κ1) is 14.8. The number of hydrogen-bond donors (Lipinski definition) is 2. The van der Waals surface area contributed by atoms with E-state index in [0.29, 0.717) is 18.0 Å².